The van der Waals surface area contributed by atoms with Crippen molar-refractivity contribution in [1.82, 2.24) is 15.0 Å². The minimum absolute atomic E-state index is 0.0211. The van der Waals surface area contributed by atoms with E-state index in [1.807, 2.05) is 24.3 Å². The summed E-state index contributed by atoms with van der Waals surface area (Å²) < 4.78 is 38.5. The lowest BCUT2D eigenvalue weighted by atomic mass is 10.1. The number of hydrogen-bond donors (Lipinski definition) is 3. The fourth-order valence-electron chi connectivity index (χ4n) is 2.71. The lowest BCUT2D eigenvalue weighted by molar-refractivity contribution is -0.144. The van der Waals surface area contributed by atoms with Crippen LogP contribution in [0.5, 0.6) is 0 Å². The molecule has 0 atom stereocenters. The second-order valence-electron chi connectivity index (χ2n) is 5.49. The van der Waals surface area contributed by atoms with E-state index < -0.39 is 17.9 Å². The standard InChI is InChI=1S/C17H11F3N4O/c18-17(19,20)16-23-12-7-3-5-10(14(12)24-16)15(25)22-13-8-21-11-6-2-1-4-9(11)13/h1-8,21H,(H,22,25)(H,23,24). The summed E-state index contributed by atoms with van der Waals surface area (Å²) in [5.74, 6) is -1.66. The van der Waals surface area contributed by atoms with Gasteiger partial charge in [-0.3, -0.25) is 4.79 Å². The van der Waals surface area contributed by atoms with Gasteiger partial charge < -0.3 is 15.3 Å². The quantitative estimate of drug-likeness (QED) is 0.507. The summed E-state index contributed by atoms with van der Waals surface area (Å²) >= 11 is 0. The topological polar surface area (TPSA) is 73.6 Å². The summed E-state index contributed by atoms with van der Waals surface area (Å²) in [6.45, 7) is 0. The summed E-state index contributed by atoms with van der Waals surface area (Å²) in [6.07, 6.45) is -2.97. The Morgan fingerprint density at radius 2 is 1.80 bits per heavy atom. The summed E-state index contributed by atoms with van der Waals surface area (Å²) in [5, 5.41) is 3.52. The van der Waals surface area contributed by atoms with Crippen molar-refractivity contribution in [3.63, 3.8) is 0 Å². The molecule has 0 aliphatic heterocycles. The van der Waals surface area contributed by atoms with Crippen molar-refractivity contribution < 1.29 is 18.0 Å². The van der Waals surface area contributed by atoms with Crippen LogP contribution in [0.2, 0.25) is 0 Å². The van der Waals surface area contributed by atoms with Crippen LogP contribution in [0.3, 0.4) is 0 Å². The van der Waals surface area contributed by atoms with Gasteiger partial charge in [-0.1, -0.05) is 24.3 Å². The number of aromatic nitrogens is 3. The molecule has 8 heteroatoms. The van der Waals surface area contributed by atoms with Crippen LogP contribution in [0.15, 0.2) is 48.7 Å². The summed E-state index contributed by atoms with van der Waals surface area (Å²) in [7, 11) is 0. The van der Waals surface area contributed by atoms with Crippen molar-refractivity contribution >= 4 is 33.5 Å². The number of amides is 1. The van der Waals surface area contributed by atoms with Gasteiger partial charge in [0.15, 0.2) is 0 Å². The number of alkyl halides is 3. The fraction of sp³-hybridized carbons (Fsp3) is 0.0588. The summed E-state index contributed by atoms with van der Waals surface area (Å²) in [4.78, 5) is 21.3. The Morgan fingerprint density at radius 1 is 1.04 bits per heavy atom. The molecule has 4 aromatic rings. The Bertz CT molecular complexity index is 1090. The molecule has 2 aromatic heterocycles. The maximum absolute atomic E-state index is 12.8. The van der Waals surface area contributed by atoms with E-state index in [1.165, 1.54) is 18.2 Å². The highest BCUT2D eigenvalue weighted by Crippen LogP contribution is 2.30. The number of benzene rings is 2. The SMILES string of the molecule is O=C(Nc1c[nH]c2ccccc12)c1cccc2[nH]c(C(F)(F)F)nc12. The molecule has 0 saturated heterocycles. The number of H-pyrrole nitrogens is 2. The average Bonchev–Trinajstić information content (AvgIpc) is 3.18. The highest BCUT2D eigenvalue weighted by atomic mass is 19.4. The van der Waals surface area contributed by atoms with Gasteiger partial charge in [0.2, 0.25) is 5.82 Å². The summed E-state index contributed by atoms with van der Waals surface area (Å²) in [6, 6.07) is 11.8. The van der Waals surface area contributed by atoms with Gasteiger partial charge in [-0.15, -0.1) is 0 Å². The predicted octanol–water partition coefficient (Wildman–Crippen LogP) is 4.32. The number of hydrogen-bond acceptors (Lipinski definition) is 2. The van der Waals surface area contributed by atoms with E-state index in [0.29, 0.717) is 5.69 Å². The first kappa shape index (κ1) is 15.3. The van der Waals surface area contributed by atoms with E-state index in [0.717, 1.165) is 10.9 Å². The molecule has 0 unspecified atom stereocenters. The maximum Gasteiger partial charge on any atom is 0.449 e. The van der Waals surface area contributed by atoms with Gasteiger partial charge in [0.1, 0.15) is 5.52 Å². The molecule has 0 aliphatic rings. The number of anilines is 1. The Labute approximate surface area is 138 Å². The molecule has 1 amide bonds. The van der Waals surface area contributed by atoms with E-state index in [4.69, 9.17) is 0 Å². The third-order valence-electron chi connectivity index (χ3n) is 3.86. The van der Waals surface area contributed by atoms with Gasteiger partial charge in [0.25, 0.3) is 5.91 Å². The third kappa shape index (κ3) is 2.61. The number of para-hydroxylation sites is 2. The van der Waals surface area contributed by atoms with Crippen LogP contribution < -0.4 is 5.32 Å². The predicted molar refractivity (Wildman–Crippen MR) is 87.3 cm³/mol. The average molecular weight is 344 g/mol. The molecule has 25 heavy (non-hydrogen) atoms. The molecular formula is C17H11F3N4O. The van der Waals surface area contributed by atoms with Crippen LogP contribution in [-0.2, 0) is 6.18 Å². The molecule has 4 rings (SSSR count). The Hall–Kier alpha value is -3.29. The number of imidazole rings is 1. The van der Waals surface area contributed by atoms with E-state index in [9.17, 15) is 18.0 Å². The van der Waals surface area contributed by atoms with Crippen molar-refractivity contribution in [3.8, 4) is 0 Å². The highest BCUT2D eigenvalue weighted by Gasteiger charge is 2.35. The molecule has 0 aliphatic carbocycles. The molecule has 0 saturated carbocycles. The van der Waals surface area contributed by atoms with Crippen LogP contribution in [0.25, 0.3) is 21.9 Å². The zero-order valence-electron chi connectivity index (χ0n) is 12.6. The van der Waals surface area contributed by atoms with Gasteiger partial charge in [-0.2, -0.15) is 13.2 Å². The number of carbonyl (C=O) groups is 1. The largest absolute Gasteiger partial charge is 0.449 e. The lowest BCUT2D eigenvalue weighted by Gasteiger charge is -2.04. The second-order valence-corrected chi connectivity index (χ2v) is 5.49. The Morgan fingerprint density at radius 3 is 2.60 bits per heavy atom. The number of fused-ring (bicyclic) bond motifs is 2. The maximum atomic E-state index is 12.8. The van der Waals surface area contributed by atoms with Crippen molar-refractivity contribution in [2.24, 2.45) is 0 Å². The minimum atomic E-state index is -4.61. The minimum Gasteiger partial charge on any atom is -0.359 e. The highest BCUT2D eigenvalue weighted by molar-refractivity contribution is 6.14. The number of nitrogens with one attached hydrogen (secondary N) is 3. The molecule has 0 spiro atoms. The van der Waals surface area contributed by atoms with Crippen molar-refractivity contribution in [3.05, 3.63) is 60.0 Å². The molecule has 5 nitrogen and oxygen atoms in total. The monoisotopic (exact) mass is 344 g/mol. The van der Waals surface area contributed by atoms with E-state index in [-0.39, 0.29) is 16.6 Å². The van der Waals surface area contributed by atoms with Gasteiger partial charge in [0.05, 0.1) is 16.8 Å². The first-order valence-electron chi connectivity index (χ1n) is 7.37. The number of aromatic amines is 2. The molecule has 126 valence electrons. The smallest absolute Gasteiger partial charge is 0.359 e. The molecule has 0 radical (unpaired) electrons. The first-order chi connectivity index (χ1) is 11.9. The Kier molecular flexibility index (Phi) is 3.28. The number of halogens is 3. The molecule has 2 heterocycles. The van der Waals surface area contributed by atoms with Crippen LogP contribution in [0, 0.1) is 0 Å². The molecule has 0 fully saturated rings. The molecule has 3 N–H and O–H groups in total. The molecular weight excluding hydrogens is 333 g/mol. The van der Waals surface area contributed by atoms with Crippen LogP contribution >= 0.6 is 0 Å². The Balaban J connectivity index is 1.74. The summed E-state index contributed by atoms with van der Waals surface area (Å²) in [5.41, 5.74) is 1.58. The van der Waals surface area contributed by atoms with Crippen molar-refractivity contribution in [2.75, 3.05) is 5.32 Å². The van der Waals surface area contributed by atoms with Gasteiger partial charge in [0, 0.05) is 17.1 Å². The van der Waals surface area contributed by atoms with Crippen molar-refractivity contribution in [2.45, 2.75) is 6.18 Å². The van der Waals surface area contributed by atoms with E-state index in [2.05, 4.69) is 20.3 Å². The number of nitrogens with zero attached hydrogens (tertiary/aromatic N) is 1. The normalized spacial score (nSPS) is 12.0. The first-order valence-corrected chi connectivity index (χ1v) is 7.37. The second kappa shape index (κ2) is 5.37. The van der Waals surface area contributed by atoms with Crippen LogP contribution in [0.1, 0.15) is 16.2 Å². The van der Waals surface area contributed by atoms with Gasteiger partial charge >= 0.3 is 6.18 Å². The van der Waals surface area contributed by atoms with E-state index >= 15 is 0 Å². The van der Waals surface area contributed by atoms with Crippen LogP contribution in [0.4, 0.5) is 18.9 Å². The van der Waals surface area contributed by atoms with Gasteiger partial charge in [-0.25, -0.2) is 4.98 Å². The lowest BCUT2D eigenvalue weighted by Crippen LogP contribution is -2.12. The zero-order chi connectivity index (χ0) is 17.6. The fourth-order valence-corrected chi connectivity index (χ4v) is 2.71. The molecule has 2 aromatic carbocycles. The zero-order valence-corrected chi connectivity index (χ0v) is 12.6. The van der Waals surface area contributed by atoms with Crippen LogP contribution in [-0.4, -0.2) is 20.9 Å². The van der Waals surface area contributed by atoms with Gasteiger partial charge in [-0.05, 0) is 18.2 Å². The molecule has 0 bridgehead atoms. The third-order valence-corrected chi connectivity index (χ3v) is 3.86. The van der Waals surface area contributed by atoms with E-state index in [1.54, 1.807) is 6.20 Å². The number of rotatable bonds is 2. The number of carbonyl (C=O) groups excluding carboxylic acids is 1. The van der Waals surface area contributed by atoms with Crippen molar-refractivity contribution in [1.29, 1.82) is 0 Å².